The molecule has 0 saturated heterocycles. The second-order valence-electron chi connectivity index (χ2n) is 3.42. The monoisotopic (exact) mass is 259 g/mol. The summed E-state index contributed by atoms with van der Waals surface area (Å²) in [5.74, 6) is 0.0355. The van der Waals surface area contributed by atoms with Crippen molar-refractivity contribution in [3.05, 3.63) is 28.7 Å². The minimum atomic E-state index is -4.34. The van der Waals surface area contributed by atoms with Gasteiger partial charge in [0.2, 0.25) is 11.5 Å². The van der Waals surface area contributed by atoms with Crippen molar-refractivity contribution >= 4 is 5.95 Å². The molecule has 2 aromatic heterocycles. The number of H-pyrrole nitrogens is 2. The smallest absolute Gasteiger partial charge is 0.344 e. The maximum absolute atomic E-state index is 12.0. The average molecular weight is 259 g/mol. The quantitative estimate of drug-likeness (QED) is 0.771. The lowest BCUT2D eigenvalue weighted by atomic mass is 10.2. The van der Waals surface area contributed by atoms with Gasteiger partial charge in [0.1, 0.15) is 6.54 Å². The molecule has 0 aliphatic heterocycles. The highest BCUT2D eigenvalue weighted by atomic mass is 19.4. The Balaban J connectivity index is 2.13. The molecule has 0 unspecified atom stereocenters. The van der Waals surface area contributed by atoms with Crippen LogP contribution in [0.5, 0.6) is 0 Å². The first-order chi connectivity index (χ1) is 8.44. The maximum atomic E-state index is 12.0. The predicted octanol–water partition coefficient (Wildman–Crippen LogP) is 1.13. The van der Waals surface area contributed by atoms with Gasteiger partial charge in [-0.05, 0) is 6.07 Å². The van der Waals surface area contributed by atoms with E-state index in [1.54, 1.807) is 6.07 Å². The molecule has 0 fully saturated rings. The van der Waals surface area contributed by atoms with Crippen LogP contribution in [0.15, 0.2) is 23.1 Å². The van der Waals surface area contributed by atoms with Crippen molar-refractivity contribution in [1.82, 2.24) is 20.2 Å². The van der Waals surface area contributed by atoms with Crippen molar-refractivity contribution in [3.8, 4) is 11.4 Å². The fraction of sp³-hybridized carbons (Fsp3) is 0.222. The van der Waals surface area contributed by atoms with E-state index in [0.717, 1.165) is 0 Å². The SMILES string of the molecule is O=c1cc(-c2nc(NCC(F)(F)F)n[nH]2)cc[nH]1. The molecule has 2 rings (SSSR count). The number of hydrogen-bond acceptors (Lipinski definition) is 4. The van der Waals surface area contributed by atoms with E-state index in [9.17, 15) is 18.0 Å². The van der Waals surface area contributed by atoms with Crippen LogP contribution in [0.2, 0.25) is 0 Å². The van der Waals surface area contributed by atoms with Gasteiger partial charge in [-0.15, -0.1) is 5.10 Å². The van der Waals surface area contributed by atoms with Crippen LogP contribution in [-0.4, -0.2) is 32.9 Å². The van der Waals surface area contributed by atoms with Crippen LogP contribution in [0.3, 0.4) is 0 Å². The van der Waals surface area contributed by atoms with E-state index in [1.165, 1.54) is 12.3 Å². The van der Waals surface area contributed by atoms with Gasteiger partial charge in [-0.2, -0.15) is 18.2 Å². The summed E-state index contributed by atoms with van der Waals surface area (Å²) in [4.78, 5) is 17.3. The summed E-state index contributed by atoms with van der Waals surface area (Å²) in [6.45, 7) is -1.22. The van der Waals surface area contributed by atoms with E-state index in [4.69, 9.17) is 0 Å². The molecule has 0 aliphatic rings. The third-order valence-corrected chi connectivity index (χ3v) is 1.98. The number of rotatable bonds is 3. The van der Waals surface area contributed by atoms with Crippen molar-refractivity contribution < 1.29 is 13.2 Å². The van der Waals surface area contributed by atoms with Crippen LogP contribution in [-0.2, 0) is 0 Å². The molecule has 0 aliphatic carbocycles. The Kier molecular flexibility index (Phi) is 3.04. The first kappa shape index (κ1) is 12.1. The Bertz CT molecular complexity index is 588. The van der Waals surface area contributed by atoms with E-state index >= 15 is 0 Å². The highest BCUT2D eigenvalue weighted by Gasteiger charge is 2.27. The van der Waals surface area contributed by atoms with Gasteiger partial charge in [-0.3, -0.25) is 9.89 Å². The second kappa shape index (κ2) is 4.51. The van der Waals surface area contributed by atoms with Gasteiger partial charge >= 0.3 is 6.18 Å². The van der Waals surface area contributed by atoms with Crippen LogP contribution in [0, 0.1) is 0 Å². The summed E-state index contributed by atoms with van der Waals surface area (Å²) < 4.78 is 35.9. The van der Waals surface area contributed by atoms with Crippen LogP contribution in [0.4, 0.5) is 19.1 Å². The summed E-state index contributed by atoms with van der Waals surface area (Å²) in [7, 11) is 0. The molecule has 0 amide bonds. The van der Waals surface area contributed by atoms with E-state index in [-0.39, 0.29) is 17.3 Å². The first-order valence-corrected chi connectivity index (χ1v) is 4.86. The largest absolute Gasteiger partial charge is 0.405 e. The number of pyridine rings is 1. The summed E-state index contributed by atoms with van der Waals surface area (Å²) in [5.41, 5.74) is 0.0972. The van der Waals surface area contributed by atoms with E-state index in [2.05, 4.69) is 20.2 Å². The number of hydrogen-bond donors (Lipinski definition) is 3. The highest BCUT2D eigenvalue weighted by Crippen LogP contribution is 2.16. The number of halogens is 3. The molecule has 0 atom stereocenters. The van der Waals surface area contributed by atoms with Gasteiger partial charge in [0.15, 0.2) is 5.82 Å². The summed E-state index contributed by atoms with van der Waals surface area (Å²) >= 11 is 0. The topological polar surface area (TPSA) is 86.5 Å². The lowest BCUT2D eigenvalue weighted by Crippen LogP contribution is -2.21. The van der Waals surface area contributed by atoms with Gasteiger partial charge in [-0.25, -0.2) is 0 Å². The van der Waals surface area contributed by atoms with Crippen molar-refractivity contribution in [3.63, 3.8) is 0 Å². The molecule has 18 heavy (non-hydrogen) atoms. The molecule has 0 spiro atoms. The Hall–Kier alpha value is -2.32. The minimum Gasteiger partial charge on any atom is -0.344 e. The molecule has 0 aromatic carbocycles. The number of aromatic nitrogens is 4. The Labute approximate surface area is 98.3 Å². The molecule has 0 radical (unpaired) electrons. The number of alkyl halides is 3. The van der Waals surface area contributed by atoms with Crippen LogP contribution in [0.25, 0.3) is 11.4 Å². The molecule has 9 heteroatoms. The molecule has 3 N–H and O–H groups in total. The van der Waals surface area contributed by atoms with Crippen LogP contribution >= 0.6 is 0 Å². The average Bonchev–Trinajstić information content (AvgIpc) is 2.74. The Morgan fingerprint density at radius 3 is 2.83 bits per heavy atom. The van der Waals surface area contributed by atoms with Crippen LogP contribution in [0.1, 0.15) is 0 Å². The molecule has 0 bridgehead atoms. The summed E-state index contributed by atoms with van der Waals surface area (Å²) in [6.07, 6.45) is -2.94. The third-order valence-electron chi connectivity index (χ3n) is 1.98. The number of nitrogens with one attached hydrogen (secondary N) is 3. The summed E-state index contributed by atoms with van der Waals surface area (Å²) in [6, 6.07) is 2.81. The fourth-order valence-corrected chi connectivity index (χ4v) is 1.24. The van der Waals surface area contributed by atoms with Crippen molar-refractivity contribution in [2.75, 3.05) is 11.9 Å². The maximum Gasteiger partial charge on any atom is 0.405 e. The lowest BCUT2D eigenvalue weighted by molar-refractivity contribution is -0.115. The van der Waals surface area contributed by atoms with Gasteiger partial charge in [0.25, 0.3) is 0 Å². The van der Waals surface area contributed by atoms with E-state index in [0.29, 0.717) is 5.56 Å². The van der Waals surface area contributed by atoms with E-state index in [1.807, 2.05) is 5.32 Å². The van der Waals surface area contributed by atoms with Gasteiger partial charge in [0.05, 0.1) is 0 Å². The zero-order valence-corrected chi connectivity index (χ0v) is 8.88. The molecular weight excluding hydrogens is 251 g/mol. The molecule has 2 aromatic rings. The van der Waals surface area contributed by atoms with Crippen molar-refractivity contribution in [1.29, 1.82) is 0 Å². The summed E-state index contributed by atoms with van der Waals surface area (Å²) in [5, 5.41) is 8.03. The number of anilines is 1. The molecule has 2 heterocycles. The number of aromatic amines is 2. The molecule has 96 valence electrons. The standard InChI is InChI=1S/C9H8F3N5O/c10-9(11,12)4-14-8-15-7(16-17-8)5-1-2-13-6(18)3-5/h1-3H,4H2,(H,13,18)(H2,14,15,16,17). The van der Waals surface area contributed by atoms with Crippen molar-refractivity contribution in [2.45, 2.75) is 6.18 Å². The zero-order valence-electron chi connectivity index (χ0n) is 8.88. The van der Waals surface area contributed by atoms with Gasteiger partial charge in [0, 0.05) is 17.8 Å². The van der Waals surface area contributed by atoms with Crippen LogP contribution < -0.4 is 10.9 Å². The number of nitrogens with zero attached hydrogens (tertiary/aromatic N) is 2. The Morgan fingerprint density at radius 2 is 2.17 bits per heavy atom. The molecule has 6 nitrogen and oxygen atoms in total. The molecule has 0 saturated carbocycles. The second-order valence-corrected chi connectivity index (χ2v) is 3.42. The zero-order chi connectivity index (χ0) is 13.2. The third kappa shape index (κ3) is 3.09. The van der Waals surface area contributed by atoms with Gasteiger partial charge in [-0.1, -0.05) is 0 Å². The Morgan fingerprint density at radius 1 is 1.39 bits per heavy atom. The minimum absolute atomic E-state index is 0.178. The highest BCUT2D eigenvalue weighted by molar-refractivity contribution is 5.54. The van der Waals surface area contributed by atoms with E-state index < -0.39 is 12.7 Å². The normalized spacial score (nSPS) is 11.5. The molecular formula is C9H8F3N5O. The van der Waals surface area contributed by atoms with Gasteiger partial charge < -0.3 is 10.3 Å². The fourth-order valence-electron chi connectivity index (χ4n) is 1.24. The lowest BCUT2D eigenvalue weighted by Gasteiger charge is -2.05. The first-order valence-electron chi connectivity index (χ1n) is 4.86. The predicted molar refractivity (Wildman–Crippen MR) is 57.0 cm³/mol. The van der Waals surface area contributed by atoms with Crippen molar-refractivity contribution in [2.24, 2.45) is 0 Å².